The average molecular weight is 534 g/mol. The number of aromatic nitrogens is 2. The zero-order chi connectivity index (χ0) is 21.7. The van der Waals surface area contributed by atoms with Gasteiger partial charge in [-0.05, 0) is 24.6 Å². The summed E-state index contributed by atoms with van der Waals surface area (Å²) in [5, 5.41) is 7.30. The Morgan fingerprint density at radius 3 is 2.42 bits per heavy atom. The van der Waals surface area contributed by atoms with Crippen LogP contribution in [0, 0.1) is 6.54 Å². The van der Waals surface area contributed by atoms with E-state index in [9.17, 15) is 9.59 Å². The number of hydrogen-bond acceptors (Lipinski definition) is 4. The van der Waals surface area contributed by atoms with E-state index in [1.807, 2.05) is 31.2 Å². The molecule has 0 aliphatic rings. The molecule has 0 saturated carbocycles. The molecule has 0 aliphatic carbocycles. The van der Waals surface area contributed by atoms with Crippen molar-refractivity contribution in [3.63, 3.8) is 0 Å². The molecule has 2 aromatic carbocycles. The summed E-state index contributed by atoms with van der Waals surface area (Å²) in [6.45, 7) is 3.92. The quantitative estimate of drug-likeness (QED) is 0.460. The Hall–Kier alpha value is -1.73. The minimum absolute atomic E-state index is 0. The van der Waals surface area contributed by atoms with Gasteiger partial charge in [0.25, 0.3) is 5.56 Å². The van der Waals surface area contributed by atoms with E-state index in [0.717, 1.165) is 11.1 Å². The van der Waals surface area contributed by atoms with Crippen molar-refractivity contribution in [2.75, 3.05) is 6.61 Å². The Labute approximate surface area is 215 Å². The van der Waals surface area contributed by atoms with E-state index in [1.54, 1.807) is 31.8 Å². The van der Waals surface area contributed by atoms with Gasteiger partial charge >= 0.3 is 0 Å². The smallest absolute Gasteiger partial charge is 0.278 e. The standard InChI is InChI=1S/C22H20Cl2N3O3.Y/c1-3-30-18-13-26-27(2)22(29)19(18)15-9-7-14(8-10-15)11-12-25-21(28)20-16(23)5-4-6-17(20)24;/h4-10,12-13H,3,11H2,1-2H3,(H,25,28);/q-1;. The molecule has 3 aromatic rings. The predicted molar refractivity (Wildman–Crippen MR) is 118 cm³/mol. The minimum Gasteiger partial charge on any atom is -0.501 e. The number of ether oxygens (including phenoxy) is 1. The molecule has 0 unspecified atom stereocenters. The molecule has 0 fully saturated rings. The van der Waals surface area contributed by atoms with Gasteiger partial charge in [0.2, 0.25) is 5.91 Å². The second kappa shape index (κ2) is 11.8. The van der Waals surface area contributed by atoms with E-state index in [-0.39, 0.29) is 49.7 Å². The maximum absolute atomic E-state index is 12.5. The van der Waals surface area contributed by atoms with Gasteiger partial charge in [-0.25, -0.2) is 11.2 Å². The second-order valence-electron chi connectivity index (χ2n) is 6.42. The zero-order valence-electron chi connectivity index (χ0n) is 17.1. The van der Waals surface area contributed by atoms with Gasteiger partial charge in [-0.3, -0.25) is 9.59 Å². The molecular weight excluding hydrogens is 514 g/mol. The predicted octanol–water partition coefficient (Wildman–Crippen LogP) is 4.28. The molecule has 1 amide bonds. The van der Waals surface area contributed by atoms with Gasteiger partial charge in [-0.15, -0.1) is 6.42 Å². The number of halogens is 2. The van der Waals surface area contributed by atoms with Gasteiger partial charge in [0, 0.05) is 39.8 Å². The molecule has 9 heteroatoms. The molecule has 0 aliphatic heterocycles. The molecular formula is C22H20Cl2N3O3Y-. The van der Waals surface area contributed by atoms with Crippen LogP contribution >= 0.6 is 23.2 Å². The molecule has 0 bridgehead atoms. The number of nitrogens with zero attached hydrogens (tertiary/aromatic N) is 2. The van der Waals surface area contributed by atoms with Crippen LogP contribution in [0.4, 0.5) is 0 Å². The maximum Gasteiger partial charge on any atom is 0.278 e. The fraction of sp³-hybridized carbons (Fsp3) is 0.182. The molecule has 0 saturated heterocycles. The van der Waals surface area contributed by atoms with Gasteiger partial charge < -0.3 is 10.1 Å². The molecule has 6 nitrogen and oxygen atoms in total. The second-order valence-corrected chi connectivity index (χ2v) is 7.24. The Morgan fingerprint density at radius 2 is 1.81 bits per heavy atom. The molecule has 159 valence electrons. The average Bonchev–Trinajstić information content (AvgIpc) is 2.72. The van der Waals surface area contributed by atoms with E-state index in [2.05, 4.69) is 10.4 Å². The van der Waals surface area contributed by atoms with E-state index in [1.165, 1.54) is 10.9 Å². The third kappa shape index (κ3) is 6.16. The van der Waals surface area contributed by atoms with Gasteiger partial charge in [-0.1, -0.05) is 59.1 Å². The molecule has 0 spiro atoms. The van der Waals surface area contributed by atoms with E-state index in [0.29, 0.717) is 34.4 Å². The summed E-state index contributed by atoms with van der Waals surface area (Å²) >= 11 is 12.1. The number of nitrogens with one attached hydrogen (secondary N) is 1. The van der Waals surface area contributed by atoms with Crippen molar-refractivity contribution in [1.29, 1.82) is 0 Å². The number of carbonyl (C=O) groups excluding carboxylic acids is 1. The molecule has 3 rings (SSSR count). The van der Waals surface area contributed by atoms with Crippen LogP contribution in [0.3, 0.4) is 0 Å². The van der Waals surface area contributed by atoms with Crippen LogP contribution in [0.5, 0.6) is 5.75 Å². The molecule has 0 atom stereocenters. The third-order valence-corrected chi connectivity index (χ3v) is 5.04. The molecule has 1 radical (unpaired) electrons. The Bertz CT molecular complexity index is 1100. The summed E-state index contributed by atoms with van der Waals surface area (Å²) in [4.78, 5) is 24.8. The first-order valence-electron chi connectivity index (χ1n) is 9.27. The first kappa shape index (κ1) is 25.5. The fourth-order valence-corrected chi connectivity index (χ4v) is 3.48. The fourth-order valence-electron chi connectivity index (χ4n) is 2.91. The first-order chi connectivity index (χ1) is 14.4. The van der Waals surface area contributed by atoms with Crippen LogP contribution < -0.4 is 15.6 Å². The van der Waals surface area contributed by atoms with Crippen LogP contribution in [-0.4, -0.2) is 22.3 Å². The zero-order valence-corrected chi connectivity index (χ0v) is 21.4. The summed E-state index contributed by atoms with van der Waals surface area (Å²) in [6, 6.07) is 12.4. The van der Waals surface area contributed by atoms with E-state index in [4.69, 9.17) is 27.9 Å². The Kier molecular flexibility index (Phi) is 9.69. The molecule has 1 aromatic heterocycles. The van der Waals surface area contributed by atoms with Crippen molar-refractivity contribution in [1.82, 2.24) is 15.1 Å². The largest absolute Gasteiger partial charge is 0.501 e. The summed E-state index contributed by atoms with van der Waals surface area (Å²) in [6.07, 6.45) is 2.03. The SMILES string of the molecule is CCOc1cnn(C)c(=O)c1-c1ccc(C[CH-]NC(=O)c2c(Cl)cccc2Cl)cc1.[Y]. The van der Waals surface area contributed by atoms with Crippen molar-refractivity contribution in [2.45, 2.75) is 13.3 Å². The van der Waals surface area contributed by atoms with Crippen molar-refractivity contribution < 1.29 is 42.2 Å². The topological polar surface area (TPSA) is 73.2 Å². The number of amides is 1. The maximum atomic E-state index is 12.5. The van der Waals surface area contributed by atoms with E-state index >= 15 is 0 Å². The Morgan fingerprint density at radius 1 is 1.16 bits per heavy atom. The van der Waals surface area contributed by atoms with Crippen molar-refractivity contribution in [2.24, 2.45) is 7.05 Å². The summed E-state index contributed by atoms with van der Waals surface area (Å²) in [5.74, 6) is 0.0765. The van der Waals surface area contributed by atoms with Crippen molar-refractivity contribution in [3.05, 3.63) is 86.7 Å². The van der Waals surface area contributed by atoms with Crippen LogP contribution in [0.25, 0.3) is 11.1 Å². The van der Waals surface area contributed by atoms with Gasteiger partial charge in [0.05, 0.1) is 34.0 Å². The van der Waals surface area contributed by atoms with Gasteiger partial charge in [0.1, 0.15) is 0 Å². The normalized spacial score (nSPS) is 10.3. The number of rotatable bonds is 7. The summed E-state index contributed by atoms with van der Waals surface area (Å²) < 4.78 is 6.83. The van der Waals surface area contributed by atoms with Crippen LogP contribution in [-0.2, 0) is 46.2 Å². The number of benzene rings is 2. The number of aryl methyl sites for hydroxylation is 1. The van der Waals surface area contributed by atoms with Gasteiger partial charge in [0.15, 0.2) is 5.75 Å². The van der Waals surface area contributed by atoms with Gasteiger partial charge in [-0.2, -0.15) is 5.10 Å². The van der Waals surface area contributed by atoms with E-state index < -0.39 is 0 Å². The molecule has 1 heterocycles. The monoisotopic (exact) mass is 533 g/mol. The minimum atomic E-state index is -0.371. The van der Waals surface area contributed by atoms with Crippen molar-refractivity contribution in [3.8, 4) is 16.9 Å². The third-order valence-electron chi connectivity index (χ3n) is 4.41. The Balaban J connectivity index is 0.00000341. The van der Waals surface area contributed by atoms with Crippen LogP contribution in [0.2, 0.25) is 10.0 Å². The number of hydrogen-bond donors (Lipinski definition) is 1. The first-order valence-corrected chi connectivity index (χ1v) is 10.0. The molecule has 31 heavy (non-hydrogen) atoms. The van der Waals surface area contributed by atoms with Crippen molar-refractivity contribution >= 4 is 29.1 Å². The summed E-state index contributed by atoms with van der Waals surface area (Å²) in [7, 11) is 1.60. The summed E-state index contributed by atoms with van der Waals surface area (Å²) in [5.41, 5.74) is 2.16. The number of carbonyl (C=O) groups is 1. The van der Waals surface area contributed by atoms with Crippen LogP contribution in [0.15, 0.2) is 53.5 Å². The molecule has 1 N–H and O–H groups in total. The van der Waals surface area contributed by atoms with Crippen LogP contribution in [0.1, 0.15) is 22.8 Å².